The number of thioether (sulfide) groups is 1. The smallest absolute Gasteiger partial charge is 0.191 e. The Morgan fingerprint density at radius 3 is 2.76 bits per heavy atom. The third-order valence-corrected chi connectivity index (χ3v) is 5.12. The Bertz CT molecular complexity index is 899. The van der Waals surface area contributed by atoms with Crippen molar-refractivity contribution in [1.82, 2.24) is 25.2 Å². The predicted molar refractivity (Wildman–Crippen MR) is 128 cm³/mol. The van der Waals surface area contributed by atoms with E-state index in [1.807, 2.05) is 47.9 Å². The van der Waals surface area contributed by atoms with Gasteiger partial charge >= 0.3 is 0 Å². The number of halogens is 2. The summed E-state index contributed by atoms with van der Waals surface area (Å²) in [5.74, 6) is 2.48. The zero-order valence-electron chi connectivity index (χ0n) is 16.3. The number of hydrogen-bond donors (Lipinski definition) is 2. The van der Waals surface area contributed by atoms with Crippen molar-refractivity contribution in [2.45, 2.75) is 24.7 Å². The van der Waals surface area contributed by atoms with Gasteiger partial charge in [-0.15, -0.1) is 45.9 Å². The molecule has 6 nitrogen and oxygen atoms in total. The fourth-order valence-corrected chi connectivity index (χ4v) is 3.51. The summed E-state index contributed by atoms with van der Waals surface area (Å²) in [6.07, 6.45) is 3.69. The molecule has 2 N–H and O–H groups in total. The van der Waals surface area contributed by atoms with E-state index in [2.05, 4.69) is 25.8 Å². The highest BCUT2D eigenvalue weighted by Gasteiger charge is 2.05. The highest BCUT2D eigenvalue weighted by atomic mass is 127. The fourth-order valence-electron chi connectivity index (χ4n) is 2.67. The fraction of sp³-hybridized carbons (Fsp3) is 0.350. The van der Waals surface area contributed by atoms with Gasteiger partial charge in [0.1, 0.15) is 11.6 Å². The van der Waals surface area contributed by atoms with Gasteiger partial charge in [0, 0.05) is 37.1 Å². The number of benzene rings is 1. The molecule has 0 amide bonds. The number of fused-ring (bicyclic) bond motifs is 1. The lowest BCUT2D eigenvalue weighted by atomic mass is 10.4. The van der Waals surface area contributed by atoms with E-state index in [0.717, 1.165) is 60.6 Å². The van der Waals surface area contributed by atoms with Crippen LogP contribution in [0, 0.1) is 5.82 Å². The molecule has 0 fully saturated rings. The molecule has 0 radical (unpaired) electrons. The standard InChI is InChI=1S/C20H25FN6S.HI/c1-2-22-20(23-12-5-15-28-17-9-7-16(21)8-10-17)24-13-11-19-26-25-18-6-3-4-14-27(18)19;/h3-4,6-10,14H,2,5,11-13,15H2,1H3,(H2,22,23,24);1H. The van der Waals surface area contributed by atoms with E-state index >= 15 is 0 Å². The average molecular weight is 528 g/mol. The maximum Gasteiger partial charge on any atom is 0.191 e. The van der Waals surface area contributed by atoms with Crippen LogP contribution in [0.15, 0.2) is 58.5 Å². The Balaban J connectivity index is 0.00000300. The van der Waals surface area contributed by atoms with Gasteiger partial charge in [0.25, 0.3) is 0 Å². The lowest BCUT2D eigenvalue weighted by molar-refractivity contribution is 0.626. The quantitative estimate of drug-likeness (QED) is 0.146. The molecule has 0 bridgehead atoms. The topological polar surface area (TPSA) is 66.6 Å². The maximum atomic E-state index is 12.9. The van der Waals surface area contributed by atoms with Crippen LogP contribution >= 0.6 is 35.7 Å². The second-order valence-electron chi connectivity index (χ2n) is 6.14. The van der Waals surface area contributed by atoms with Crippen LogP contribution in [0.5, 0.6) is 0 Å². The molecule has 2 heterocycles. The summed E-state index contributed by atoms with van der Waals surface area (Å²) in [5, 5.41) is 15.0. The molecule has 0 saturated carbocycles. The van der Waals surface area contributed by atoms with Gasteiger partial charge < -0.3 is 10.6 Å². The molecule has 3 aromatic rings. The number of guanidine groups is 1. The molecule has 1 aromatic carbocycles. The van der Waals surface area contributed by atoms with Crippen molar-refractivity contribution in [1.29, 1.82) is 0 Å². The molecule has 0 unspecified atom stereocenters. The van der Waals surface area contributed by atoms with Crippen molar-refractivity contribution < 1.29 is 4.39 Å². The first-order valence-corrected chi connectivity index (χ1v) is 10.4. The molecule has 0 atom stereocenters. The maximum absolute atomic E-state index is 12.9. The summed E-state index contributed by atoms with van der Waals surface area (Å²) < 4.78 is 14.9. The van der Waals surface area contributed by atoms with Gasteiger partial charge in [0.15, 0.2) is 11.6 Å². The predicted octanol–water partition coefficient (Wildman–Crippen LogP) is 3.77. The molecule has 156 valence electrons. The third kappa shape index (κ3) is 7.46. The van der Waals surface area contributed by atoms with Crippen molar-refractivity contribution in [3.05, 3.63) is 60.3 Å². The monoisotopic (exact) mass is 528 g/mol. The molecule has 0 aliphatic carbocycles. The molecule has 9 heteroatoms. The molecule has 2 aromatic heterocycles. The van der Waals surface area contributed by atoms with E-state index in [1.54, 1.807) is 11.8 Å². The van der Waals surface area contributed by atoms with Gasteiger partial charge in [-0.1, -0.05) is 6.07 Å². The number of aliphatic imine (C=N–C) groups is 1. The van der Waals surface area contributed by atoms with Gasteiger partial charge in [0.05, 0.1) is 0 Å². The lowest BCUT2D eigenvalue weighted by Gasteiger charge is -2.10. The molecule has 0 aliphatic rings. The normalized spacial score (nSPS) is 11.3. The van der Waals surface area contributed by atoms with Crippen LogP contribution in [0.3, 0.4) is 0 Å². The number of aromatic nitrogens is 3. The summed E-state index contributed by atoms with van der Waals surface area (Å²) in [5.41, 5.74) is 0.858. The van der Waals surface area contributed by atoms with E-state index < -0.39 is 0 Å². The van der Waals surface area contributed by atoms with Gasteiger partial charge in [-0.2, -0.15) is 0 Å². The molecular weight excluding hydrogens is 502 g/mol. The highest BCUT2D eigenvalue weighted by molar-refractivity contribution is 14.0. The van der Waals surface area contributed by atoms with Crippen LogP contribution in [0.25, 0.3) is 5.65 Å². The lowest BCUT2D eigenvalue weighted by Crippen LogP contribution is -2.38. The van der Waals surface area contributed by atoms with Crippen molar-refractivity contribution in [2.24, 2.45) is 4.99 Å². The van der Waals surface area contributed by atoms with Crippen LogP contribution in [-0.4, -0.2) is 45.9 Å². The van der Waals surface area contributed by atoms with Gasteiger partial charge in [-0.3, -0.25) is 9.39 Å². The number of nitrogens with zero attached hydrogens (tertiary/aromatic N) is 4. The average Bonchev–Trinajstić information content (AvgIpc) is 3.12. The van der Waals surface area contributed by atoms with Crippen molar-refractivity contribution in [3.8, 4) is 0 Å². The third-order valence-electron chi connectivity index (χ3n) is 4.02. The molecule has 0 saturated heterocycles. The molecule has 3 rings (SSSR count). The minimum atomic E-state index is -0.200. The Labute approximate surface area is 191 Å². The second kappa shape index (κ2) is 12.6. The van der Waals surface area contributed by atoms with Gasteiger partial charge in [0.2, 0.25) is 0 Å². The molecule has 0 aliphatic heterocycles. The molecule has 29 heavy (non-hydrogen) atoms. The van der Waals surface area contributed by atoms with E-state index in [9.17, 15) is 4.39 Å². The zero-order chi connectivity index (χ0) is 19.6. The summed E-state index contributed by atoms with van der Waals surface area (Å²) >= 11 is 1.72. The summed E-state index contributed by atoms with van der Waals surface area (Å²) in [6.45, 7) is 4.32. The first kappa shape index (κ1) is 23.4. The van der Waals surface area contributed by atoms with Crippen molar-refractivity contribution in [3.63, 3.8) is 0 Å². The molecular formula is C20H26FIN6S. The van der Waals surface area contributed by atoms with Crippen LogP contribution in [0.1, 0.15) is 19.2 Å². The Kier molecular flexibility index (Phi) is 10.2. The Hall–Kier alpha value is -1.88. The first-order valence-electron chi connectivity index (χ1n) is 9.45. The second-order valence-corrected chi connectivity index (χ2v) is 7.31. The summed E-state index contributed by atoms with van der Waals surface area (Å²) in [4.78, 5) is 5.70. The minimum absolute atomic E-state index is 0. The van der Waals surface area contributed by atoms with E-state index in [4.69, 9.17) is 0 Å². The van der Waals surface area contributed by atoms with E-state index in [0.29, 0.717) is 0 Å². The van der Waals surface area contributed by atoms with Gasteiger partial charge in [-0.25, -0.2) is 4.39 Å². The largest absolute Gasteiger partial charge is 0.357 e. The SMILES string of the molecule is CCNC(=NCCCSc1ccc(F)cc1)NCCc1nnc2ccccn12.I. The van der Waals surface area contributed by atoms with Crippen LogP contribution in [-0.2, 0) is 6.42 Å². The summed E-state index contributed by atoms with van der Waals surface area (Å²) in [7, 11) is 0. The minimum Gasteiger partial charge on any atom is -0.357 e. The number of rotatable bonds is 9. The van der Waals surface area contributed by atoms with E-state index in [1.165, 1.54) is 12.1 Å². The number of hydrogen-bond acceptors (Lipinski definition) is 4. The number of pyridine rings is 1. The first-order chi connectivity index (χ1) is 13.8. The van der Waals surface area contributed by atoms with Crippen molar-refractivity contribution >= 4 is 47.3 Å². The Morgan fingerprint density at radius 2 is 1.97 bits per heavy atom. The highest BCUT2D eigenvalue weighted by Crippen LogP contribution is 2.18. The zero-order valence-corrected chi connectivity index (χ0v) is 19.5. The van der Waals surface area contributed by atoms with Crippen molar-refractivity contribution in [2.75, 3.05) is 25.4 Å². The van der Waals surface area contributed by atoms with Crippen LogP contribution < -0.4 is 10.6 Å². The number of nitrogens with one attached hydrogen (secondary N) is 2. The molecule has 0 spiro atoms. The Morgan fingerprint density at radius 1 is 1.14 bits per heavy atom. The van der Waals surface area contributed by atoms with Crippen LogP contribution in [0.4, 0.5) is 4.39 Å². The van der Waals surface area contributed by atoms with Crippen LogP contribution in [0.2, 0.25) is 0 Å². The van der Waals surface area contributed by atoms with E-state index in [-0.39, 0.29) is 29.8 Å². The van der Waals surface area contributed by atoms with Gasteiger partial charge in [-0.05, 0) is 55.5 Å². The summed E-state index contributed by atoms with van der Waals surface area (Å²) in [6, 6.07) is 12.5.